The first-order valence-electron chi connectivity index (χ1n) is 5.94. The van der Waals surface area contributed by atoms with Crippen LogP contribution in [0.25, 0.3) is 0 Å². The van der Waals surface area contributed by atoms with Crippen molar-refractivity contribution < 1.29 is 19.5 Å². The Morgan fingerprint density at radius 3 is 2.57 bits per heavy atom. The molecule has 1 N–H and O–H groups in total. The van der Waals surface area contributed by atoms with Gasteiger partial charge in [-0.1, -0.05) is 22.0 Å². The van der Waals surface area contributed by atoms with Gasteiger partial charge in [0.2, 0.25) is 5.75 Å². The van der Waals surface area contributed by atoms with Gasteiger partial charge in [-0.25, -0.2) is 0 Å². The number of nitrogens with zero attached hydrogens (tertiary/aromatic N) is 1. The summed E-state index contributed by atoms with van der Waals surface area (Å²) in [5.41, 5.74) is 0.509. The van der Waals surface area contributed by atoms with Crippen LogP contribution in [-0.4, -0.2) is 17.1 Å². The molecule has 2 aromatic rings. The van der Waals surface area contributed by atoms with E-state index in [1.807, 2.05) is 0 Å². The lowest BCUT2D eigenvalue weighted by molar-refractivity contribution is -0.385. The highest BCUT2D eigenvalue weighted by Crippen LogP contribution is 2.38. The van der Waals surface area contributed by atoms with Gasteiger partial charge in [-0.15, -0.1) is 0 Å². The Morgan fingerprint density at radius 1 is 1.19 bits per heavy atom. The van der Waals surface area contributed by atoms with E-state index in [1.54, 1.807) is 24.3 Å². The number of benzene rings is 2. The standard InChI is InChI=1S/C14H12BrNO5/c1-20-14-6-9(8-17)2-5-12(14)21-13-7-10(15)3-4-11(13)16(18)19/h2-7,17H,8H2,1H3. The summed E-state index contributed by atoms with van der Waals surface area (Å²) in [5.74, 6) is 0.816. The minimum Gasteiger partial charge on any atom is -0.493 e. The third-order valence-corrected chi connectivity index (χ3v) is 3.24. The smallest absolute Gasteiger partial charge is 0.311 e. The van der Waals surface area contributed by atoms with E-state index in [0.29, 0.717) is 21.5 Å². The zero-order chi connectivity index (χ0) is 15.4. The second-order valence-corrected chi connectivity index (χ2v) is 5.03. The van der Waals surface area contributed by atoms with Gasteiger partial charge in [0.25, 0.3) is 0 Å². The van der Waals surface area contributed by atoms with Gasteiger partial charge in [0, 0.05) is 16.6 Å². The van der Waals surface area contributed by atoms with Gasteiger partial charge in [0.15, 0.2) is 11.5 Å². The molecule has 0 fully saturated rings. The summed E-state index contributed by atoms with van der Waals surface area (Å²) in [7, 11) is 1.46. The van der Waals surface area contributed by atoms with Gasteiger partial charge in [-0.2, -0.15) is 0 Å². The van der Waals surface area contributed by atoms with E-state index >= 15 is 0 Å². The third kappa shape index (κ3) is 3.50. The van der Waals surface area contributed by atoms with Crippen molar-refractivity contribution in [2.75, 3.05) is 7.11 Å². The Kier molecular flexibility index (Phi) is 4.77. The average molecular weight is 354 g/mol. The van der Waals surface area contributed by atoms with Gasteiger partial charge in [0.1, 0.15) is 0 Å². The van der Waals surface area contributed by atoms with Crippen LogP contribution in [0.3, 0.4) is 0 Å². The number of aliphatic hydroxyl groups is 1. The Labute approximate surface area is 129 Å². The monoisotopic (exact) mass is 353 g/mol. The highest BCUT2D eigenvalue weighted by atomic mass is 79.9. The number of halogens is 1. The predicted molar refractivity (Wildman–Crippen MR) is 79.8 cm³/mol. The van der Waals surface area contributed by atoms with Crippen LogP contribution < -0.4 is 9.47 Å². The van der Waals surface area contributed by atoms with Crippen LogP contribution in [0.4, 0.5) is 5.69 Å². The van der Waals surface area contributed by atoms with Crippen LogP contribution in [-0.2, 0) is 6.61 Å². The molecular formula is C14H12BrNO5. The van der Waals surface area contributed by atoms with E-state index in [2.05, 4.69) is 15.9 Å². The lowest BCUT2D eigenvalue weighted by Gasteiger charge is -2.11. The molecule has 0 aliphatic heterocycles. The molecule has 0 amide bonds. The average Bonchev–Trinajstić information content (AvgIpc) is 2.47. The third-order valence-electron chi connectivity index (χ3n) is 2.75. The maximum absolute atomic E-state index is 11.0. The van der Waals surface area contributed by atoms with Gasteiger partial charge in [-0.3, -0.25) is 10.1 Å². The van der Waals surface area contributed by atoms with Gasteiger partial charge in [0.05, 0.1) is 18.6 Å². The van der Waals surface area contributed by atoms with Gasteiger partial charge >= 0.3 is 5.69 Å². The fourth-order valence-electron chi connectivity index (χ4n) is 1.73. The maximum atomic E-state index is 11.0. The van der Waals surface area contributed by atoms with Gasteiger partial charge < -0.3 is 14.6 Å². The molecule has 0 unspecified atom stereocenters. The summed E-state index contributed by atoms with van der Waals surface area (Å²) in [6.07, 6.45) is 0. The molecule has 21 heavy (non-hydrogen) atoms. The van der Waals surface area contributed by atoms with Crippen LogP contribution in [0.2, 0.25) is 0 Å². The van der Waals surface area contributed by atoms with Crippen LogP contribution in [0.1, 0.15) is 5.56 Å². The fourth-order valence-corrected chi connectivity index (χ4v) is 2.07. The number of methoxy groups -OCH3 is 1. The minimum atomic E-state index is -0.518. The largest absolute Gasteiger partial charge is 0.493 e. The molecule has 0 aliphatic rings. The van der Waals surface area contributed by atoms with E-state index < -0.39 is 4.92 Å². The first kappa shape index (κ1) is 15.3. The maximum Gasteiger partial charge on any atom is 0.311 e. The van der Waals surface area contributed by atoms with Crippen LogP contribution in [0.5, 0.6) is 17.2 Å². The van der Waals surface area contributed by atoms with E-state index in [4.69, 9.17) is 14.6 Å². The molecule has 0 atom stereocenters. The molecule has 2 aromatic carbocycles. The van der Waals surface area contributed by atoms with E-state index in [1.165, 1.54) is 19.2 Å². The summed E-state index contributed by atoms with van der Waals surface area (Å²) in [4.78, 5) is 10.5. The van der Waals surface area contributed by atoms with E-state index in [-0.39, 0.29) is 18.0 Å². The molecule has 0 aliphatic carbocycles. The first-order valence-corrected chi connectivity index (χ1v) is 6.74. The zero-order valence-electron chi connectivity index (χ0n) is 11.1. The van der Waals surface area contributed by atoms with E-state index in [9.17, 15) is 10.1 Å². The number of nitro benzene ring substituents is 1. The second kappa shape index (κ2) is 6.55. The summed E-state index contributed by atoms with van der Waals surface area (Å²) >= 11 is 3.25. The Hall–Kier alpha value is -2.12. The molecule has 0 saturated carbocycles. The molecule has 6 nitrogen and oxygen atoms in total. The normalized spacial score (nSPS) is 10.2. The predicted octanol–water partition coefficient (Wildman–Crippen LogP) is 3.65. The van der Waals surface area contributed by atoms with Crippen molar-refractivity contribution in [2.24, 2.45) is 0 Å². The molecule has 0 saturated heterocycles. The fraction of sp³-hybridized carbons (Fsp3) is 0.143. The van der Waals surface area contributed by atoms with Crippen molar-refractivity contribution in [3.05, 3.63) is 56.5 Å². The Morgan fingerprint density at radius 2 is 1.95 bits per heavy atom. The summed E-state index contributed by atoms with van der Waals surface area (Å²) in [5, 5.41) is 20.1. The number of hydrogen-bond donors (Lipinski definition) is 1. The highest BCUT2D eigenvalue weighted by Gasteiger charge is 2.17. The first-order chi connectivity index (χ1) is 10.0. The number of aliphatic hydroxyl groups excluding tert-OH is 1. The number of ether oxygens (including phenoxy) is 2. The summed E-state index contributed by atoms with van der Waals surface area (Å²) < 4.78 is 11.4. The van der Waals surface area contributed by atoms with Crippen molar-refractivity contribution in [1.82, 2.24) is 0 Å². The zero-order valence-corrected chi connectivity index (χ0v) is 12.7. The molecule has 0 bridgehead atoms. The van der Waals surface area contributed by atoms with Crippen molar-refractivity contribution in [3.8, 4) is 17.2 Å². The molecular weight excluding hydrogens is 342 g/mol. The number of nitro groups is 1. The van der Waals surface area contributed by atoms with Crippen molar-refractivity contribution in [2.45, 2.75) is 6.61 Å². The second-order valence-electron chi connectivity index (χ2n) is 4.11. The number of rotatable bonds is 5. The topological polar surface area (TPSA) is 81.8 Å². The number of hydrogen-bond acceptors (Lipinski definition) is 5. The molecule has 110 valence electrons. The molecule has 7 heteroatoms. The Bertz CT molecular complexity index is 674. The van der Waals surface area contributed by atoms with E-state index in [0.717, 1.165) is 0 Å². The molecule has 0 spiro atoms. The van der Waals surface area contributed by atoms with Gasteiger partial charge in [-0.05, 0) is 23.8 Å². The quantitative estimate of drug-likeness (QED) is 0.655. The molecule has 0 aromatic heterocycles. The molecule has 0 radical (unpaired) electrons. The van der Waals surface area contributed by atoms with Crippen molar-refractivity contribution in [3.63, 3.8) is 0 Å². The lowest BCUT2D eigenvalue weighted by atomic mass is 10.2. The SMILES string of the molecule is COc1cc(CO)ccc1Oc1cc(Br)ccc1[N+](=O)[O-]. The van der Waals surface area contributed by atoms with Crippen LogP contribution in [0, 0.1) is 10.1 Å². The van der Waals surface area contributed by atoms with Crippen molar-refractivity contribution in [1.29, 1.82) is 0 Å². The lowest BCUT2D eigenvalue weighted by Crippen LogP contribution is -1.96. The van der Waals surface area contributed by atoms with Crippen LogP contribution >= 0.6 is 15.9 Å². The van der Waals surface area contributed by atoms with Crippen LogP contribution in [0.15, 0.2) is 40.9 Å². The molecule has 0 heterocycles. The minimum absolute atomic E-state index is 0.101. The highest BCUT2D eigenvalue weighted by molar-refractivity contribution is 9.10. The molecule has 2 rings (SSSR count). The summed E-state index contributed by atoms with van der Waals surface area (Å²) in [6, 6.07) is 9.29. The van der Waals surface area contributed by atoms with Crippen molar-refractivity contribution >= 4 is 21.6 Å². The Balaban J connectivity index is 2.42. The summed E-state index contributed by atoms with van der Waals surface area (Å²) in [6.45, 7) is -0.131.